The predicted molar refractivity (Wildman–Crippen MR) is 97.4 cm³/mol. The molecule has 3 aromatic rings. The zero-order chi connectivity index (χ0) is 18.0. The molecule has 1 amide bonds. The number of aryl methyl sites for hydroxylation is 1. The number of nitrogens with one attached hydrogen (secondary N) is 1. The maximum absolute atomic E-state index is 12.6. The van der Waals surface area contributed by atoms with Crippen LogP contribution in [0.1, 0.15) is 38.9 Å². The number of Topliss-reactive ketones (excluding diaryl/α,β-unsaturated/α-hetero) is 1. The number of hydrogen-bond acceptors (Lipinski definition) is 3. The van der Waals surface area contributed by atoms with Crippen molar-refractivity contribution in [2.75, 3.05) is 5.32 Å². The van der Waals surface area contributed by atoms with E-state index in [1.54, 1.807) is 35.1 Å². The van der Waals surface area contributed by atoms with E-state index in [0.29, 0.717) is 16.8 Å². The third-order valence-electron chi connectivity index (χ3n) is 4.03. The van der Waals surface area contributed by atoms with Crippen molar-refractivity contribution in [1.82, 2.24) is 9.78 Å². The quantitative estimate of drug-likeness (QED) is 0.735. The fourth-order valence-electron chi connectivity index (χ4n) is 2.67. The number of carbonyl (C=O) groups is 2. The summed E-state index contributed by atoms with van der Waals surface area (Å²) < 4.78 is 1.74. The number of hydrogen-bond donors (Lipinski definition) is 1. The largest absolute Gasteiger partial charge is 0.322 e. The molecule has 1 aromatic heterocycles. The lowest BCUT2D eigenvalue weighted by molar-refractivity contribution is 0.101. The number of nitrogens with zero attached hydrogens (tertiary/aromatic N) is 2. The minimum Gasteiger partial charge on any atom is -0.322 e. The fourth-order valence-corrected chi connectivity index (χ4v) is 2.67. The van der Waals surface area contributed by atoms with Gasteiger partial charge in [0.05, 0.1) is 23.1 Å². The highest BCUT2D eigenvalue weighted by molar-refractivity contribution is 6.05. The summed E-state index contributed by atoms with van der Waals surface area (Å²) in [4.78, 5) is 24.0. The van der Waals surface area contributed by atoms with Gasteiger partial charge in [-0.25, -0.2) is 4.68 Å². The van der Waals surface area contributed by atoms with Crippen LogP contribution in [0.15, 0.2) is 54.7 Å². The Bertz CT molecular complexity index is 957. The summed E-state index contributed by atoms with van der Waals surface area (Å²) in [6.45, 7) is 5.37. The van der Waals surface area contributed by atoms with Crippen LogP contribution in [0.5, 0.6) is 0 Å². The summed E-state index contributed by atoms with van der Waals surface area (Å²) in [6, 6.07) is 14.8. The third kappa shape index (κ3) is 3.50. The van der Waals surface area contributed by atoms with Gasteiger partial charge < -0.3 is 5.32 Å². The van der Waals surface area contributed by atoms with Crippen molar-refractivity contribution in [2.24, 2.45) is 0 Å². The topological polar surface area (TPSA) is 64.0 Å². The average molecular weight is 333 g/mol. The van der Waals surface area contributed by atoms with Crippen LogP contribution < -0.4 is 5.32 Å². The summed E-state index contributed by atoms with van der Waals surface area (Å²) in [5.74, 6) is -0.295. The first kappa shape index (κ1) is 16.6. The Kier molecular flexibility index (Phi) is 4.48. The first-order valence-corrected chi connectivity index (χ1v) is 8.00. The molecule has 0 aliphatic rings. The Morgan fingerprint density at radius 3 is 2.52 bits per heavy atom. The number of amides is 1. The molecule has 126 valence electrons. The molecular weight excluding hydrogens is 314 g/mol. The highest BCUT2D eigenvalue weighted by atomic mass is 16.1. The van der Waals surface area contributed by atoms with Gasteiger partial charge in [-0.05, 0) is 50.6 Å². The Morgan fingerprint density at radius 2 is 1.80 bits per heavy atom. The van der Waals surface area contributed by atoms with E-state index in [1.165, 1.54) is 6.92 Å². The van der Waals surface area contributed by atoms with Crippen molar-refractivity contribution < 1.29 is 9.59 Å². The molecule has 0 saturated heterocycles. The van der Waals surface area contributed by atoms with Crippen molar-refractivity contribution in [3.8, 4) is 5.69 Å². The van der Waals surface area contributed by atoms with Gasteiger partial charge in [-0.15, -0.1) is 0 Å². The van der Waals surface area contributed by atoms with Crippen molar-refractivity contribution in [3.05, 3.63) is 77.1 Å². The maximum Gasteiger partial charge on any atom is 0.259 e. The number of carbonyl (C=O) groups excluding carboxylic acids is 2. The number of ketones is 1. The molecule has 1 N–H and O–H groups in total. The van der Waals surface area contributed by atoms with Crippen LogP contribution in [-0.2, 0) is 0 Å². The number of aromatic nitrogens is 2. The Morgan fingerprint density at radius 1 is 1.04 bits per heavy atom. The molecule has 0 atom stereocenters. The van der Waals surface area contributed by atoms with Crippen LogP contribution in [0, 0.1) is 13.8 Å². The molecule has 2 aromatic carbocycles. The lowest BCUT2D eigenvalue weighted by Gasteiger charge is -2.08. The highest BCUT2D eigenvalue weighted by Crippen LogP contribution is 2.18. The SMILES string of the molecule is CC(=O)c1cccc(NC(=O)c2cnn(-c3cccc(C)c3)c2C)c1. The second-order valence-electron chi connectivity index (χ2n) is 5.99. The lowest BCUT2D eigenvalue weighted by atomic mass is 10.1. The second-order valence-corrected chi connectivity index (χ2v) is 5.99. The van der Waals surface area contributed by atoms with Crippen LogP contribution in [0.3, 0.4) is 0 Å². The molecule has 5 heteroatoms. The van der Waals surface area contributed by atoms with E-state index >= 15 is 0 Å². The van der Waals surface area contributed by atoms with Crippen LogP contribution >= 0.6 is 0 Å². The van der Waals surface area contributed by atoms with Crippen LogP contribution in [0.25, 0.3) is 5.69 Å². The Labute approximate surface area is 146 Å². The second kappa shape index (κ2) is 6.73. The van der Waals surface area contributed by atoms with Crippen LogP contribution in [0.4, 0.5) is 5.69 Å². The number of benzene rings is 2. The molecule has 0 radical (unpaired) electrons. The smallest absolute Gasteiger partial charge is 0.259 e. The Balaban J connectivity index is 1.86. The highest BCUT2D eigenvalue weighted by Gasteiger charge is 2.15. The Hall–Kier alpha value is -3.21. The third-order valence-corrected chi connectivity index (χ3v) is 4.03. The molecule has 3 rings (SSSR count). The zero-order valence-corrected chi connectivity index (χ0v) is 14.4. The molecule has 0 aliphatic heterocycles. The molecule has 5 nitrogen and oxygen atoms in total. The molecule has 1 heterocycles. The monoisotopic (exact) mass is 333 g/mol. The maximum atomic E-state index is 12.6. The first-order chi connectivity index (χ1) is 12.0. The van der Waals surface area contributed by atoms with Crippen molar-refractivity contribution in [1.29, 1.82) is 0 Å². The van der Waals surface area contributed by atoms with Gasteiger partial charge in [-0.2, -0.15) is 5.10 Å². The zero-order valence-electron chi connectivity index (χ0n) is 14.4. The summed E-state index contributed by atoms with van der Waals surface area (Å²) in [7, 11) is 0. The van der Waals surface area contributed by atoms with E-state index in [1.807, 2.05) is 38.1 Å². The first-order valence-electron chi connectivity index (χ1n) is 8.00. The number of rotatable bonds is 4. The fraction of sp³-hybridized carbons (Fsp3) is 0.150. The molecule has 0 aliphatic carbocycles. The van der Waals surface area contributed by atoms with E-state index < -0.39 is 0 Å². The van der Waals surface area contributed by atoms with Gasteiger partial charge in [0.1, 0.15) is 0 Å². The van der Waals surface area contributed by atoms with E-state index in [9.17, 15) is 9.59 Å². The van der Waals surface area contributed by atoms with Crippen molar-refractivity contribution >= 4 is 17.4 Å². The van der Waals surface area contributed by atoms with Gasteiger partial charge in [0.15, 0.2) is 5.78 Å². The summed E-state index contributed by atoms with van der Waals surface area (Å²) in [6.07, 6.45) is 1.56. The summed E-state index contributed by atoms with van der Waals surface area (Å²) >= 11 is 0. The van der Waals surface area contributed by atoms with E-state index in [0.717, 1.165) is 16.9 Å². The summed E-state index contributed by atoms with van der Waals surface area (Å²) in [5, 5.41) is 7.16. The molecule has 0 spiro atoms. The van der Waals surface area contributed by atoms with Gasteiger partial charge in [-0.3, -0.25) is 9.59 Å². The molecular formula is C20H19N3O2. The van der Waals surface area contributed by atoms with E-state index in [4.69, 9.17) is 0 Å². The normalized spacial score (nSPS) is 10.5. The van der Waals surface area contributed by atoms with Crippen LogP contribution in [0.2, 0.25) is 0 Å². The lowest BCUT2D eigenvalue weighted by Crippen LogP contribution is -2.13. The number of anilines is 1. The molecule has 0 fully saturated rings. The summed E-state index contributed by atoms with van der Waals surface area (Å²) in [5.41, 5.74) is 4.43. The molecule has 25 heavy (non-hydrogen) atoms. The molecule has 0 bridgehead atoms. The molecule has 0 saturated carbocycles. The van der Waals surface area contributed by atoms with E-state index in [2.05, 4.69) is 10.4 Å². The van der Waals surface area contributed by atoms with E-state index in [-0.39, 0.29) is 11.7 Å². The van der Waals surface area contributed by atoms with Gasteiger partial charge in [0, 0.05) is 11.3 Å². The minimum atomic E-state index is -0.253. The average Bonchev–Trinajstić information content (AvgIpc) is 2.96. The van der Waals surface area contributed by atoms with Crippen LogP contribution in [-0.4, -0.2) is 21.5 Å². The van der Waals surface area contributed by atoms with Gasteiger partial charge in [0.2, 0.25) is 0 Å². The van der Waals surface area contributed by atoms with Gasteiger partial charge in [-0.1, -0.05) is 24.3 Å². The predicted octanol–water partition coefficient (Wildman–Crippen LogP) is 3.94. The molecule has 0 unspecified atom stereocenters. The van der Waals surface area contributed by atoms with Gasteiger partial charge >= 0.3 is 0 Å². The minimum absolute atomic E-state index is 0.0421. The van der Waals surface area contributed by atoms with Crippen molar-refractivity contribution in [2.45, 2.75) is 20.8 Å². The van der Waals surface area contributed by atoms with Crippen molar-refractivity contribution in [3.63, 3.8) is 0 Å². The standard InChI is InChI=1S/C20H19N3O2/c1-13-6-4-9-18(10-13)23-14(2)19(12-21-23)20(25)22-17-8-5-7-16(11-17)15(3)24/h4-12H,1-3H3,(H,22,25). The van der Waals surface area contributed by atoms with Gasteiger partial charge in [0.25, 0.3) is 5.91 Å².